The molecule has 1 saturated heterocycles. The van der Waals surface area contributed by atoms with Gasteiger partial charge in [0.1, 0.15) is 0 Å². The SMILES string of the molecule is CC(CC(=O)O)NC(=O)N1CCNCC1. The number of carbonyl (C=O) groups is 2. The van der Waals surface area contributed by atoms with E-state index in [1.807, 2.05) is 0 Å². The maximum Gasteiger partial charge on any atom is 0.317 e. The second-order valence-electron chi connectivity index (χ2n) is 3.69. The van der Waals surface area contributed by atoms with Crippen LogP contribution in [0.15, 0.2) is 0 Å². The first kappa shape index (κ1) is 11.8. The normalized spacial score (nSPS) is 18.3. The molecule has 0 radical (unpaired) electrons. The molecule has 0 spiro atoms. The summed E-state index contributed by atoms with van der Waals surface area (Å²) in [4.78, 5) is 23.7. The molecule has 1 aliphatic heterocycles. The molecule has 15 heavy (non-hydrogen) atoms. The Labute approximate surface area is 88.6 Å². The zero-order chi connectivity index (χ0) is 11.3. The lowest BCUT2D eigenvalue weighted by Gasteiger charge is -2.28. The standard InChI is InChI=1S/C9H17N3O3/c1-7(6-8(13)14)11-9(15)12-4-2-10-3-5-12/h7,10H,2-6H2,1H3,(H,11,15)(H,13,14). The molecule has 1 heterocycles. The third-order valence-electron chi connectivity index (χ3n) is 2.25. The minimum Gasteiger partial charge on any atom is -0.481 e. The van der Waals surface area contributed by atoms with E-state index < -0.39 is 5.97 Å². The van der Waals surface area contributed by atoms with Crippen molar-refractivity contribution < 1.29 is 14.7 Å². The number of nitrogens with one attached hydrogen (secondary N) is 2. The molecule has 0 bridgehead atoms. The fourth-order valence-electron chi connectivity index (χ4n) is 1.48. The second kappa shape index (κ2) is 5.55. The quantitative estimate of drug-likeness (QED) is 0.591. The van der Waals surface area contributed by atoms with Crippen molar-refractivity contribution in [3.05, 3.63) is 0 Å². The van der Waals surface area contributed by atoms with Gasteiger partial charge in [-0.05, 0) is 6.92 Å². The number of carboxylic acid groups (broad SMARTS) is 1. The molecule has 1 aliphatic rings. The van der Waals surface area contributed by atoms with Gasteiger partial charge in [-0.15, -0.1) is 0 Å². The Morgan fingerprint density at radius 2 is 2.07 bits per heavy atom. The lowest BCUT2D eigenvalue weighted by Crippen LogP contribution is -2.52. The van der Waals surface area contributed by atoms with Crippen LogP contribution in [-0.2, 0) is 4.79 Å². The van der Waals surface area contributed by atoms with Gasteiger partial charge in [-0.1, -0.05) is 0 Å². The van der Waals surface area contributed by atoms with E-state index in [0.29, 0.717) is 13.1 Å². The maximum atomic E-state index is 11.6. The molecule has 0 saturated carbocycles. The predicted octanol–water partition coefficient (Wildman–Crippen LogP) is -0.536. The van der Waals surface area contributed by atoms with Crippen molar-refractivity contribution in [2.45, 2.75) is 19.4 Å². The van der Waals surface area contributed by atoms with Gasteiger partial charge in [0.2, 0.25) is 0 Å². The molecule has 0 aliphatic carbocycles. The van der Waals surface area contributed by atoms with Crippen molar-refractivity contribution >= 4 is 12.0 Å². The van der Waals surface area contributed by atoms with Crippen LogP contribution in [0.3, 0.4) is 0 Å². The lowest BCUT2D eigenvalue weighted by molar-refractivity contribution is -0.137. The number of amides is 2. The molecule has 1 rings (SSSR count). The maximum absolute atomic E-state index is 11.6. The molecule has 1 fully saturated rings. The fourth-order valence-corrected chi connectivity index (χ4v) is 1.48. The summed E-state index contributed by atoms with van der Waals surface area (Å²) < 4.78 is 0. The average Bonchev–Trinajstić information content (AvgIpc) is 2.17. The number of urea groups is 1. The zero-order valence-corrected chi connectivity index (χ0v) is 8.82. The van der Waals surface area contributed by atoms with E-state index in [4.69, 9.17) is 5.11 Å². The number of rotatable bonds is 3. The van der Waals surface area contributed by atoms with E-state index in [2.05, 4.69) is 10.6 Å². The summed E-state index contributed by atoms with van der Waals surface area (Å²) in [5, 5.41) is 14.3. The van der Waals surface area contributed by atoms with Gasteiger partial charge in [0.25, 0.3) is 0 Å². The Kier molecular flexibility index (Phi) is 4.36. The number of carbonyl (C=O) groups excluding carboxylic acids is 1. The van der Waals surface area contributed by atoms with Crippen LogP contribution >= 0.6 is 0 Å². The number of piperazine rings is 1. The molecular formula is C9H17N3O3. The molecular weight excluding hydrogens is 198 g/mol. The summed E-state index contributed by atoms with van der Waals surface area (Å²) in [5.74, 6) is -0.900. The summed E-state index contributed by atoms with van der Waals surface area (Å²) in [6.45, 7) is 4.62. The number of hydrogen-bond acceptors (Lipinski definition) is 3. The Morgan fingerprint density at radius 3 is 2.60 bits per heavy atom. The zero-order valence-electron chi connectivity index (χ0n) is 8.82. The molecule has 2 amide bonds. The van der Waals surface area contributed by atoms with Crippen molar-refractivity contribution in [1.29, 1.82) is 0 Å². The van der Waals surface area contributed by atoms with Gasteiger partial charge < -0.3 is 20.6 Å². The minimum absolute atomic E-state index is 0.0438. The van der Waals surface area contributed by atoms with Crippen LogP contribution in [-0.4, -0.2) is 54.2 Å². The van der Waals surface area contributed by atoms with Gasteiger partial charge in [-0.2, -0.15) is 0 Å². The Bertz CT molecular complexity index is 239. The summed E-state index contributed by atoms with van der Waals surface area (Å²) in [6, 6.07) is -0.505. The van der Waals surface area contributed by atoms with E-state index in [1.165, 1.54) is 0 Å². The molecule has 1 atom stereocenters. The highest BCUT2D eigenvalue weighted by Crippen LogP contribution is 1.96. The van der Waals surface area contributed by atoms with Crippen LogP contribution in [0, 0.1) is 0 Å². The lowest BCUT2D eigenvalue weighted by atomic mass is 10.2. The number of aliphatic carboxylic acids is 1. The van der Waals surface area contributed by atoms with E-state index in [9.17, 15) is 9.59 Å². The van der Waals surface area contributed by atoms with Crippen molar-refractivity contribution in [2.75, 3.05) is 26.2 Å². The highest BCUT2D eigenvalue weighted by molar-refractivity contribution is 5.76. The molecule has 0 aromatic heterocycles. The fraction of sp³-hybridized carbons (Fsp3) is 0.778. The third-order valence-corrected chi connectivity index (χ3v) is 2.25. The average molecular weight is 215 g/mol. The van der Waals surface area contributed by atoms with E-state index in [1.54, 1.807) is 11.8 Å². The number of hydrogen-bond donors (Lipinski definition) is 3. The van der Waals surface area contributed by atoms with Crippen LogP contribution in [0.1, 0.15) is 13.3 Å². The van der Waals surface area contributed by atoms with Gasteiger partial charge in [0.15, 0.2) is 0 Å². The summed E-state index contributed by atoms with van der Waals surface area (Å²) in [5.41, 5.74) is 0. The van der Waals surface area contributed by atoms with Crippen molar-refractivity contribution in [3.8, 4) is 0 Å². The topological polar surface area (TPSA) is 81.7 Å². The van der Waals surface area contributed by atoms with E-state index in [-0.39, 0.29) is 18.5 Å². The highest BCUT2D eigenvalue weighted by atomic mass is 16.4. The Morgan fingerprint density at radius 1 is 1.47 bits per heavy atom. The second-order valence-corrected chi connectivity index (χ2v) is 3.69. The summed E-state index contributed by atoms with van der Waals surface area (Å²) in [6.07, 6.45) is -0.0438. The van der Waals surface area contributed by atoms with Gasteiger partial charge in [0, 0.05) is 32.2 Å². The smallest absolute Gasteiger partial charge is 0.317 e. The minimum atomic E-state index is -0.900. The molecule has 3 N–H and O–H groups in total. The molecule has 0 aromatic carbocycles. The predicted molar refractivity (Wildman–Crippen MR) is 54.7 cm³/mol. The monoisotopic (exact) mass is 215 g/mol. The first-order valence-corrected chi connectivity index (χ1v) is 5.07. The van der Waals surface area contributed by atoms with E-state index >= 15 is 0 Å². The van der Waals surface area contributed by atoms with Crippen molar-refractivity contribution in [1.82, 2.24) is 15.5 Å². The summed E-state index contributed by atoms with van der Waals surface area (Å²) >= 11 is 0. The van der Waals surface area contributed by atoms with Crippen LogP contribution in [0.2, 0.25) is 0 Å². The number of nitrogens with zero attached hydrogens (tertiary/aromatic N) is 1. The molecule has 1 unspecified atom stereocenters. The highest BCUT2D eigenvalue weighted by Gasteiger charge is 2.18. The number of carboxylic acids is 1. The van der Waals surface area contributed by atoms with Gasteiger partial charge in [-0.25, -0.2) is 4.79 Å². The Balaban J connectivity index is 2.30. The van der Waals surface area contributed by atoms with Gasteiger partial charge >= 0.3 is 12.0 Å². The van der Waals surface area contributed by atoms with Crippen molar-refractivity contribution in [2.24, 2.45) is 0 Å². The van der Waals surface area contributed by atoms with Gasteiger partial charge in [0.05, 0.1) is 6.42 Å². The van der Waals surface area contributed by atoms with Gasteiger partial charge in [-0.3, -0.25) is 4.79 Å². The van der Waals surface area contributed by atoms with Crippen LogP contribution in [0.25, 0.3) is 0 Å². The first-order chi connectivity index (χ1) is 7.09. The van der Waals surface area contributed by atoms with Crippen LogP contribution < -0.4 is 10.6 Å². The largest absolute Gasteiger partial charge is 0.481 e. The molecule has 6 nitrogen and oxygen atoms in total. The molecule has 86 valence electrons. The van der Waals surface area contributed by atoms with Crippen LogP contribution in [0.5, 0.6) is 0 Å². The molecule has 6 heteroatoms. The van der Waals surface area contributed by atoms with Crippen LogP contribution in [0.4, 0.5) is 4.79 Å². The third kappa shape index (κ3) is 4.16. The molecule has 0 aromatic rings. The Hall–Kier alpha value is -1.30. The van der Waals surface area contributed by atoms with Crippen molar-refractivity contribution in [3.63, 3.8) is 0 Å². The van der Waals surface area contributed by atoms with E-state index in [0.717, 1.165) is 13.1 Å². The summed E-state index contributed by atoms with van der Waals surface area (Å²) in [7, 11) is 0. The first-order valence-electron chi connectivity index (χ1n) is 5.07.